The van der Waals surface area contributed by atoms with Gasteiger partial charge in [-0.3, -0.25) is 9.59 Å². The molecule has 0 saturated heterocycles. The zero-order valence-electron chi connectivity index (χ0n) is 11.6. The maximum absolute atomic E-state index is 12.3. The Kier molecular flexibility index (Phi) is 4.61. The number of amides is 1. The summed E-state index contributed by atoms with van der Waals surface area (Å²) in [5.74, 6) is -0.809. The molecule has 1 amide bonds. The largest absolute Gasteiger partial charge is 0.481 e. The average molecular weight is 276 g/mol. The maximum atomic E-state index is 12.3. The van der Waals surface area contributed by atoms with Crippen molar-refractivity contribution < 1.29 is 14.7 Å². The second-order valence-electron chi connectivity index (χ2n) is 5.20. The van der Waals surface area contributed by atoms with Crippen LogP contribution >= 0.6 is 0 Å². The van der Waals surface area contributed by atoms with Gasteiger partial charge in [-0.2, -0.15) is 0 Å². The Hall–Kier alpha value is -2.04. The number of fused-ring (bicyclic) bond motifs is 1. The van der Waals surface area contributed by atoms with Crippen LogP contribution in [0, 0.1) is 5.92 Å². The topological polar surface area (TPSA) is 69.6 Å². The van der Waals surface area contributed by atoms with Gasteiger partial charge in [0.2, 0.25) is 5.91 Å². The molecule has 0 aliphatic carbocycles. The number of anilines is 1. The van der Waals surface area contributed by atoms with Gasteiger partial charge in [0, 0.05) is 32.2 Å². The van der Waals surface area contributed by atoms with E-state index in [1.54, 1.807) is 11.9 Å². The molecule has 0 spiro atoms. The van der Waals surface area contributed by atoms with Crippen LogP contribution in [0.3, 0.4) is 0 Å². The fourth-order valence-corrected chi connectivity index (χ4v) is 2.51. The first-order valence-corrected chi connectivity index (χ1v) is 6.86. The summed E-state index contributed by atoms with van der Waals surface area (Å²) >= 11 is 0. The van der Waals surface area contributed by atoms with Crippen LogP contribution < -0.4 is 5.32 Å². The molecule has 0 fully saturated rings. The van der Waals surface area contributed by atoms with Gasteiger partial charge in [-0.25, -0.2) is 0 Å². The van der Waals surface area contributed by atoms with Crippen molar-refractivity contribution in [2.75, 3.05) is 25.5 Å². The predicted molar refractivity (Wildman–Crippen MR) is 76.6 cm³/mol. The van der Waals surface area contributed by atoms with E-state index < -0.39 is 5.97 Å². The molecule has 0 bridgehead atoms. The number of aliphatic carboxylic acids is 1. The van der Waals surface area contributed by atoms with Gasteiger partial charge in [-0.05, 0) is 24.5 Å². The monoisotopic (exact) mass is 276 g/mol. The van der Waals surface area contributed by atoms with Crippen LogP contribution in [-0.2, 0) is 16.0 Å². The molecular weight excluding hydrogens is 256 g/mol. The maximum Gasteiger partial charge on any atom is 0.303 e. The average Bonchev–Trinajstić information content (AvgIpc) is 2.45. The van der Waals surface area contributed by atoms with Gasteiger partial charge in [0.1, 0.15) is 0 Å². The molecule has 2 N–H and O–H groups in total. The third kappa shape index (κ3) is 3.50. The molecule has 1 aromatic rings. The van der Waals surface area contributed by atoms with Crippen molar-refractivity contribution in [2.24, 2.45) is 5.92 Å². The van der Waals surface area contributed by atoms with Crippen LogP contribution in [0.5, 0.6) is 0 Å². The second kappa shape index (κ2) is 6.41. The Balaban J connectivity index is 1.89. The molecule has 1 atom stereocenters. The van der Waals surface area contributed by atoms with E-state index in [1.165, 1.54) is 0 Å². The number of rotatable bonds is 5. The quantitative estimate of drug-likeness (QED) is 0.857. The van der Waals surface area contributed by atoms with Crippen molar-refractivity contribution in [3.63, 3.8) is 0 Å². The normalized spacial score (nSPS) is 16.9. The summed E-state index contributed by atoms with van der Waals surface area (Å²) in [5, 5.41) is 11.9. The summed E-state index contributed by atoms with van der Waals surface area (Å²) in [4.78, 5) is 24.4. The van der Waals surface area contributed by atoms with Gasteiger partial charge in [0.05, 0.1) is 5.92 Å². The first-order chi connectivity index (χ1) is 9.58. The van der Waals surface area contributed by atoms with E-state index in [0.29, 0.717) is 19.5 Å². The van der Waals surface area contributed by atoms with Crippen LogP contribution in [0.15, 0.2) is 24.3 Å². The summed E-state index contributed by atoms with van der Waals surface area (Å²) in [6.45, 7) is 1.13. The second-order valence-corrected chi connectivity index (χ2v) is 5.20. The lowest BCUT2D eigenvalue weighted by molar-refractivity contribution is -0.138. The van der Waals surface area contributed by atoms with Gasteiger partial charge >= 0.3 is 5.97 Å². The number of benzene rings is 1. The van der Waals surface area contributed by atoms with E-state index in [9.17, 15) is 9.59 Å². The minimum absolute atomic E-state index is 0.0697. The van der Waals surface area contributed by atoms with E-state index in [4.69, 9.17) is 5.11 Å². The molecule has 1 unspecified atom stereocenters. The van der Waals surface area contributed by atoms with E-state index in [-0.39, 0.29) is 18.2 Å². The van der Waals surface area contributed by atoms with E-state index >= 15 is 0 Å². The van der Waals surface area contributed by atoms with Crippen molar-refractivity contribution in [3.8, 4) is 0 Å². The number of carboxylic acid groups (broad SMARTS) is 1. The third-order valence-corrected chi connectivity index (χ3v) is 3.63. The molecule has 0 saturated carbocycles. The number of carbonyl (C=O) groups excluding carboxylic acids is 1. The van der Waals surface area contributed by atoms with Gasteiger partial charge in [-0.15, -0.1) is 0 Å². The lowest BCUT2D eigenvalue weighted by Gasteiger charge is -2.28. The summed E-state index contributed by atoms with van der Waals surface area (Å²) in [6, 6.07) is 8.01. The number of para-hydroxylation sites is 1. The van der Waals surface area contributed by atoms with Crippen molar-refractivity contribution in [1.29, 1.82) is 0 Å². The first kappa shape index (κ1) is 14.4. The molecule has 5 nitrogen and oxygen atoms in total. The van der Waals surface area contributed by atoms with Crippen LogP contribution in [0.1, 0.15) is 18.4 Å². The van der Waals surface area contributed by atoms with Crippen LogP contribution in [0.2, 0.25) is 0 Å². The number of nitrogens with zero attached hydrogens (tertiary/aromatic N) is 1. The predicted octanol–water partition coefficient (Wildman–Crippen LogP) is 1.59. The SMILES string of the molecule is CN(CCCC(=O)O)C(=O)C1CNc2ccccc2C1. The lowest BCUT2D eigenvalue weighted by Crippen LogP contribution is -2.39. The fourth-order valence-electron chi connectivity index (χ4n) is 2.51. The van der Waals surface area contributed by atoms with Crippen molar-refractivity contribution in [1.82, 2.24) is 4.90 Å². The lowest BCUT2D eigenvalue weighted by atomic mass is 9.93. The summed E-state index contributed by atoms with van der Waals surface area (Å²) in [5.41, 5.74) is 2.26. The fraction of sp³-hybridized carbons (Fsp3) is 0.467. The summed E-state index contributed by atoms with van der Waals surface area (Å²) < 4.78 is 0. The number of nitrogens with one attached hydrogen (secondary N) is 1. The highest BCUT2D eigenvalue weighted by molar-refractivity contribution is 5.80. The van der Waals surface area contributed by atoms with Crippen molar-refractivity contribution >= 4 is 17.6 Å². The third-order valence-electron chi connectivity index (χ3n) is 3.63. The first-order valence-electron chi connectivity index (χ1n) is 6.86. The highest BCUT2D eigenvalue weighted by atomic mass is 16.4. The number of hydrogen-bond acceptors (Lipinski definition) is 3. The molecule has 108 valence electrons. The van der Waals surface area contributed by atoms with Gasteiger partial charge in [0.25, 0.3) is 0 Å². The highest BCUT2D eigenvalue weighted by Crippen LogP contribution is 2.25. The van der Waals surface area contributed by atoms with Gasteiger partial charge in [0.15, 0.2) is 0 Å². The standard InChI is InChI=1S/C15H20N2O3/c1-17(8-4-7-14(18)19)15(20)12-9-11-5-2-3-6-13(11)16-10-12/h2-3,5-6,12,16H,4,7-10H2,1H3,(H,18,19). The van der Waals surface area contributed by atoms with Crippen LogP contribution in [0.25, 0.3) is 0 Å². The van der Waals surface area contributed by atoms with Crippen molar-refractivity contribution in [3.05, 3.63) is 29.8 Å². The van der Waals surface area contributed by atoms with Crippen LogP contribution in [0.4, 0.5) is 5.69 Å². The molecule has 0 radical (unpaired) electrons. The van der Waals surface area contributed by atoms with E-state index in [1.807, 2.05) is 24.3 Å². The minimum Gasteiger partial charge on any atom is -0.481 e. The minimum atomic E-state index is -0.820. The zero-order chi connectivity index (χ0) is 14.5. The molecule has 1 aliphatic heterocycles. The zero-order valence-corrected chi connectivity index (χ0v) is 11.6. The number of carbonyl (C=O) groups is 2. The van der Waals surface area contributed by atoms with E-state index in [0.717, 1.165) is 17.7 Å². The molecular formula is C15H20N2O3. The van der Waals surface area contributed by atoms with Crippen LogP contribution in [-0.4, -0.2) is 42.0 Å². The Morgan fingerprint density at radius 1 is 1.40 bits per heavy atom. The summed E-state index contributed by atoms with van der Waals surface area (Å²) in [7, 11) is 1.74. The smallest absolute Gasteiger partial charge is 0.303 e. The molecule has 1 aliphatic rings. The number of hydrogen-bond donors (Lipinski definition) is 2. The Morgan fingerprint density at radius 2 is 2.15 bits per heavy atom. The molecule has 1 heterocycles. The number of carboxylic acids is 1. The Morgan fingerprint density at radius 3 is 2.90 bits per heavy atom. The summed E-state index contributed by atoms with van der Waals surface area (Å²) in [6.07, 6.45) is 1.34. The van der Waals surface area contributed by atoms with E-state index in [2.05, 4.69) is 5.32 Å². The molecule has 1 aromatic carbocycles. The molecule has 20 heavy (non-hydrogen) atoms. The highest BCUT2D eigenvalue weighted by Gasteiger charge is 2.26. The molecule has 0 aromatic heterocycles. The Bertz CT molecular complexity index is 502. The van der Waals surface area contributed by atoms with Gasteiger partial charge < -0.3 is 15.3 Å². The van der Waals surface area contributed by atoms with Gasteiger partial charge in [-0.1, -0.05) is 18.2 Å². The molecule has 2 rings (SSSR count). The Labute approximate surface area is 118 Å². The molecule has 5 heteroatoms. The van der Waals surface area contributed by atoms with Crippen molar-refractivity contribution in [2.45, 2.75) is 19.3 Å².